The molecule has 2 aliphatic rings. The molecule has 2 aromatic rings. The number of anilines is 2. The van der Waals surface area contributed by atoms with E-state index >= 15 is 0 Å². The first-order valence-corrected chi connectivity index (χ1v) is 13.9. The maximum atomic E-state index is 13.9. The molecule has 0 bridgehead atoms. The van der Waals surface area contributed by atoms with Gasteiger partial charge in [0.15, 0.2) is 0 Å². The second kappa shape index (κ2) is 10.3. The normalized spacial score (nSPS) is 18.3. The van der Waals surface area contributed by atoms with Gasteiger partial charge in [-0.15, -0.1) is 0 Å². The smallest absolute Gasteiger partial charge is 0.245 e. The van der Waals surface area contributed by atoms with E-state index in [2.05, 4.69) is 15.9 Å². The molecule has 1 saturated heterocycles. The van der Waals surface area contributed by atoms with Crippen molar-refractivity contribution in [3.63, 3.8) is 0 Å². The molecule has 0 unspecified atom stereocenters. The third-order valence-electron chi connectivity index (χ3n) is 6.74. The Morgan fingerprint density at radius 1 is 1.17 bits per heavy atom. The average molecular weight is 565 g/mol. The van der Waals surface area contributed by atoms with Crippen LogP contribution in [-0.2, 0) is 26.0 Å². The van der Waals surface area contributed by atoms with E-state index in [4.69, 9.17) is 4.74 Å². The van der Waals surface area contributed by atoms with Gasteiger partial charge < -0.3 is 14.5 Å². The first-order chi connectivity index (χ1) is 16.7. The van der Waals surface area contributed by atoms with E-state index in [1.165, 1.54) is 4.31 Å². The Bertz CT molecular complexity index is 1230. The number of halogens is 1. The van der Waals surface area contributed by atoms with Gasteiger partial charge in [-0.25, -0.2) is 8.42 Å². The Morgan fingerprint density at radius 3 is 2.54 bits per heavy atom. The molecule has 188 valence electrons. The Balaban J connectivity index is 1.60. The molecule has 2 aliphatic heterocycles. The van der Waals surface area contributed by atoms with Crippen LogP contribution in [0.25, 0.3) is 0 Å². The molecule has 8 nitrogen and oxygen atoms in total. The third-order valence-corrected chi connectivity index (χ3v) is 9.07. The predicted octanol–water partition coefficient (Wildman–Crippen LogP) is 3.82. The van der Waals surface area contributed by atoms with E-state index in [0.29, 0.717) is 60.4 Å². The molecule has 0 aromatic heterocycles. The molecule has 35 heavy (non-hydrogen) atoms. The molecule has 2 aromatic carbocycles. The van der Waals surface area contributed by atoms with Crippen LogP contribution in [0.15, 0.2) is 45.8 Å². The summed E-state index contributed by atoms with van der Waals surface area (Å²) in [4.78, 5) is 29.1. The van der Waals surface area contributed by atoms with E-state index in [9.17, 15) is 18.0 Å². The molecule has 0 N–H and O–H groups in total. The molecule has 2 heterocycles. The lowest BCUT2D eigenvalue weighted by Gasteiger charge is -2.34. The highest BCUT2D eigenvalue weighted by Gasteiger charge is 2.39. The summed E-state index contributed by atoms with van der Waals surface area (Å²) < 4.78 is 35.0. The van der Waals surface area contributed by atoms with Crippen LogP contribution < -0.4 is 14.5 Å². The summed E-state index contributed by atoms with van der Waals surface area (Å²) in [5, 5.41) is 0. The zero-order valence-electron chi connectivity index (χ0n) is 20.2. The standard InChI is InChI=1S/C25H30BrN3O5S/c1-4-23(30)29-13-11-17-14-19(26)15-22(24(17)29)35(32,33)28-12-5-6-18(16-28)25(31)27(2)20-7-9-21(34-3)10-8-20/h7-10,14-15,18H,4-6,11-13,16H2,1-3H3/t18-/m0/s1. The van der Waals surface area contributed by atoms with Gasteiger partial charge in [0, 0.05) is 43.3 Å². The maximum absolute atomic E-state index is 13.9. The second-order valence-corrected chi connectivity index (χ2v) is 11.7. The molecule has 1 fully saturated rings. The van der Waals surface area contributed by atoms with Crippen molar-refractivity contribution in [2.45, 2.75) is 37.5 Å². The summed E-state index contributed by atoms with van der Waals surface area (Å²) in [6.07, 6.45) is 2.10. The zero-order valence-corrected chi connectivity index (χ0v) is 22.6. The largest absolute Gasteiger partial charge is 0.497 e. The number of nitrogens with zero attached hydrogens (tertiary/aromatic N) is 3. The number of hydrogen-bond acceptors (Lipinski definition) is 5. The lowest BCUT2D eigenvalue weighted by molar-refractivity contribution is -0.123. The number of hydrogen-bond donors (Lipinski definition) is 0. The molecule has 4 rings (SSSR count). The number of fused-ring (bicyclic) bond motifs is 1. The summed E-state index contributed by atoms with van der Waals surface area (Å²) in [6, 6.07) is 10.6. The molecule has 10 heteroatoms. The number of benzene rings is 2. The summed E-state index contributed by atoms with van der Waals surface area (Å²) >= 11 is 3.44. The number of rotatable bonds is 6. The molecule has 0 spiro atoms. The van der Waals surface area contributed by atoms with Crippen LogP contribution in [0, 0.1) is 5.92 Å². The Kier molecular flexibility index (Phi) is 7.54. The van der Waals surface area contributed by atoms with Crippen LogP contribution in [0.5, 0.6) is 5.75 Å². The fourth-order valence-electron chi connectivity index (χ4n) is 4.81. The van der Waals surface area contributed by atoms with Crippen LogP contribution in [0.4, 0.5) is 11.4 Å². The second-order valence-electron chi connectivity index (χ2n) is 8.86. The number of ether oxygens (including phenoxy) is 1. The SMILES string of the molecule is CCC(=O)N1CCc2cc(Br)cc(S(=O)(=O)N3CCC[C@H](C(=O)N(C)c4ccc(OC)cc4)C3)c21. The average Bonchev–Trinajstić information content (AvgIpc) is 3.30. The lowest BCUT2D eigenvalue weighted by atomic mass is 9.98. The van der Waals surface area contributed by atoms with Crippen molar-refractivity contribution in [3.8, 4) is 5.75 Å². The van der Waals surface area contributed by atoms with Crippen molar-refractivity contribution in [1.82, 2.24) is 4.31 Å². The minimum atomic E-state index is -3.93. The van der Waals surface area contributed by atoms with E-state index in [1.807, 2.05) is 6.07 Å². The first-order valence-electron chi connectivity index (χ1n) is 11.7. The van der Waals surface area contributed by atoms with E-state index in [0.717, 1.165) is 5.56 Å². The number of methoxy groups -OCH3 is 1. The van der Waals surface area contributed by atoms with Crippen molar-refractivity contribution in [3.05, 3.63) is 46.4 Å². The van der Waals surface area contributed by atoms with Crippen molar-refractivity contribution in [2.24, 2.45) is 5.92 Å². The summed E-state index contributed by atoms with van der Waals surface area (Å²) in [5.41, 5.74) is 2.03. The molecule has 0 saturated carbocycles. The number of piperidine rings is 1. The van der Waals surface area contributed by atoms with Crippen molar-refractivity contribution in [1.29, 1.82) is 0 Å². The van der Waals surface area contributed by atoms with Crippen molar-refractivity contribution in [2.75, 3.05) is 43.6 Å². The Labute approximate surface area is 215 Å². The topological polar surface area (TPSA) is 87.2 Å². The number of carbonyl (C=O) groups excluding carboxylic acids is 2. The molecule has 0 aliphatic carbocycles. The minimum Gasteiger partial charge on any atom is -0.497 e. The molecule has 0 radical (unpaired) electrons. The van der Waals surface area contributed by atoms with E-state index in [1.54, 1.807) is 61.2 Å². The van der Waals surface area contributed by atoms with Gasteiger partial charge in [-0.2, -0.15) is 4.31 Å². The van der Waals surface area contributed by atoms with Crippen LogP contribution >= 0.6 is 15.9 Å². The minimum absolute atomic E-state index is 0.102. The van der Waals surface area contributed by atoms with Gasteiger partial charge in [-0.3, -0.25) is 9.59 Å². The predicted molar refractivity (Wildman–Crippen MR) is 138 cm³/mol. The van der Waals surface area contributed by atoms with Crippen LogP contribution in [0.2, 0.25) is 0 Å². The molecule has 2 amide bonds. The fourth-order valence-corrected chi connectivity index (χ4v) is 7.26. The van der Waals surface area contributed by atoms with E-state index < -0.39 is 15.9 Å². The van der Waals surface area contributed by atoms with Gasteiger partial charge in [0.05, 0.1) is 18.7 Å². The lowest BCUT2D eigenvalue weighted by Crippen LogP contribution is -2.46. The van der Waals surface area contributed by atoms with Gasteiger partial charge in [-0.05, 0) is 61.2 Å². The zero-order chi connectivity index (χ0) is 25.3. The number of amides is 2. The quantitative estimate of drug-likeness (QED) is 0.533. The molecular weight excluding hydrogens is 534 g/mol. The highest BCUT2D eigenvalue weighted by atomic mass is 79.9. The van der Waals surface area contributed by atoms with Gasteiger partial charge in [0.1, 0.15) is 10.6 Å². The highest BCUT2D eigenvalue weighted by molar-refractivity contribution is 9.10. The summed E-state index contributed by atoms with van der Waals surface area (Å²) in [5.74, 6) is 0.00792. The van der Waals surface area contributed by atoms with Gasteiger partial charge in [0.25, 0.3) is 0 Å². The monoisotopic (exact) mass is 563 g/mol. The van der Waals surface area contributed by atoms with Crippen molar-refractivity contribution < 1.29 is 22.7 Å². The van der Waals surface area contributed by atoms with Crippen LogP contribution in [-0.4, -0.2) is 58.3 Å². The molecular formula is C25H30BrN3O5S. The number of carbonyl (C=O) groups is 2. The summed E-state index contributed by atoms with van der Waals surface area (Å²) in [7, 11) is -0.644. The summed E-state index contributed by atoms with van der Waals surface area (Å²) in [6.45, 7) is 2.67. The Morgan fingerprint density at radius 2 is 1.89 bits per heavy atom. The van der Waals surface area contributed by atoms with E-state index in [-0.39, 0.29) is 23.3 Å². The highest BCUT2D eigenvalue weighted by Crippen LogP contribution is 2.40. The fraction of sp³-hybridized carbons (Fsp3) is 0.440. The Hall–Kier alpha value is -2.43. The third kappa shape index (κ3) is 4.96. The van der Waals surface area contributed by atoms with Crippen LogP contribution in [0.3, 0.4) is 0 Å². The van der Waals surface area contributed by atoms with Gasteiger partial charge in [-0.1, -0.05) is 22.9 Å². The number of sulfonamides is 1. The van der Waals surface area contributed by atoms with Crippen LogP contribution in [0.1, 0.15) is 31.7 Å². The van der Waals surface area contributed by atoms with Gasteiger partial charge >= 0.3 is 0 Å². The van der Waals surface area contributed by atoms with Gasteiger partial charge in [0.2, 0.25) is 21.8 Å². The first kappa shape index (κ1) is 25.7. The van der Waals surface area contributed by atoms with Crippen molar-refractivity contribution >= 4 is 49.1 Å². The molecule has 1 atom stereocenters. The maximum Gasteiger partial charge on any atom is 0.245 e.